The lowest BCUT2D eigenvalue weighted by Crippen LogP contribution is -2.27. The molecule has 3 heterocycles. The lowest BCUT2D eigenvalue weighted by Gasteiger charge is -2.20. The minimum absolute atomic E-state index is 0.211. The number of aliphatic hydroxyl groups excluding tert-OH is 1. The molecule has 126 valence electrons. The Labute approximate surface area is 140 Å². The van der Waals surface area contributed by atoms with Gasteiger partial charge in [-0.15, -0.1) is 0 Å². The monoisotopic (exact) mass is 326 g/mol. The molecule has 2 unspecified atom stereocenters. The molecule has 0 amide bonds. The number of aliphatic hydroxyl groups is 1. The molecule has 2 aromatic heterocycles. The number of allylic oxidation sites excluding steroid dienone is 1. The lowest BCUT2D eigenvalue weighted by molar-refractivity contribution is 0.182. The van der Waals surface area contributed by atoms with Crippen molar-refractivity contribution >= 4 is 22.5 Å². The molecule has 0 radical (unpaired) electrons. The zero-order valence-electron chi connectivity index (χ0n) is 13.7. The largest absolute Gasteiger partial charge is 0.393 e. The lowest BCUT2D eigenvalue weighted by atomic mass is 10.2. The first kappa shape index (κ1) is 15.0. The van der Waals surface area contributed by atoms with Crippen molar-refractivity contribution in [1.29, 1.82) is 0 Å². The Kier molecular flexibility index (Phi) is 3.86. The van der Waals surface area contributed by atoms with E-state index in [0.29, 0.717) is 6.67 Å². The summed E-state index contributed by atoms with van der Waals surface area (Å²) in [4.78, 5) is 9.20. The first-order valence-corrected chi connectivity index (χ1v) is 8.33. The summed E-state index contributed by atoms with van der Waals surface area (Å²) in [7, 11) is 0. The maximum atomic E-state index is 9.75. The highest BCUT2D eigenvalue weighted by Gasteiger charge is 2.23. The Morgan fingerprint density at radius 1 is 1.38 bits per heavy atom. The predicted molar refractivity (Wildman–Crippen MR) is 94.0 cm³/mol. The van der Waals surface area contributed by atoms with Crippen LogP contribution < -0.4 is 16.1 Å². The van der Waals surface area contributed by atoms with Gasteiger partial charge >= 0.3 is 0 Å². The molecule has 0 spiro atoms. The summed E-state index contributed by atoms with van der Waals surface area (Å²) in [5.41, 5.74) is 5.29. The molecule has 2 aromatic rings. The van der Waals surface area contributed by atoms with Gasteiger partial charge in [-0.25, -0.2) is 4.98 Å². The Balaban J connectivity index is 1.63. The first-order valence-electron chi connectivity index (χ1n) is 8.33. The van der Waals surface area contributed by atoms with Crippen molar-refractivity contribution < 1.29 is 5.11 Å². The van der Waals surface area contributed by atoms with Crippen LogP contribution in [0.2, 0.25) is 0 Å². The van der Waals surface area contributed by atoms with Crippen LogP contribution in [0.4, 0.5) is 11.6 Å². The van der Waals surface area contributed by atoms with Crippen LogP contribution in [0.3, 0.4) is 0 Å². The van der Waals surface area contributed by atoms with Crippen molar-refractivity contribution in [2.75, 3.05) is 17.4 Å². The second kappa shape index (κ2) is 6.16. The van der Waals surface area contributed by atoms with Crippen LogP contribution >= 0.6 is 0 Å². The topological polar surface area (TPSA) is 85.3 Å². The van der Waals surface area contributed by atoms with Crippen LogP contribution in [-0.2, 0) is 0 Å². The van der Waals surface area contributed by atoms with Crippen molar-refractivity contribution in [2.24, 2.45) is 0 Å². The van der Waals surface area contributed by atoms with Crippen LogP contribution in [-0.4, -0.2) is 38.9 Å². The van der Waals surface area contributed by atoms with Crippen LogP contribution in [0, 0.1) is 0 Å². The maximum Gasteiger partial charge on any atom is 0.149 e. The summed E-state index contributed by atoms with van der Waals surface area (Å²) in [6, 6.07) is 6.14. The van der Waals surface area contributed by atoms with E-state index < -0.39 is 0 Å². The van der Waals surface area contributed by atoms with Crippen molar-refractivity contribution in [2.45, 2.75) is 38.3 Å². The molecule has 2 atom stereocenters. The molecular weight excluding hydrogens is 304 g/mol. The van der Waals surface area contributed by atoms with E-state index in [1.807, 2.05) is 36.3 Å². The van der Waals surface area contributed by atoms with Gasteiger partial charge in [-0.1, -0.05) is 0 Å². The van der Waals surface area contributed by atoms with E-state index >= 15 is 0 Å². The first-order chi connectivity index (χ1) is 11.7. The molecular formula is C17H22N6O. The zero-order chi connectivity index (χ0) is 16.5. The summed E-state index contributed by atoms with van der Waals surface area (Å²) in [5, 5.41) is 19.4. The molecule has 24 heavy (non-hydrogen) atoms. The third kappa shape index (κ3) is 3.07. The number of hydrogen-bond acceptors (Lipinski definition) is 7. The molecule has 1 aliphatic heterocycles. The number of hydrogen-bond donors (Lipinski definition) is 4. The molecule has 0 aromatic carbocycles. The van der Waals surface area contributed by atoms with E-state index in [-0.39, 0.29) is 12.1 Å². The molecule has 0 bridgehead atoms. The molecule has 4 rings (SSSR count). The van der Waals surface area contributed by atoms with Gasteiger partial charge in [0, 0.05) is 35.6 Å². The highest BCUT2D eigenvalue weighted by atomic mass is 16.3. The van der Waals surface area contributed by atoms with Gasteiger partial charge in [0.25, 0.3) is 0 Å². The van der Waals surface area contributed by atoms with Crippen molar-refractivity contribution in [3.63, 3.8) is 0 Å². The fourth-order valence-corrected chi connectivity index (χ4v) is 3.28. The number of pyridine rings is 2. The van der Waals surface area contributed by atoms with Crippen molar-refractivity contribution in [1.82, 2.24) is 20.3 Å². The third-order valence-corrected chi connectivity index (χ3v) is 4.48. The molecule has 0 saturated heterocycles. The molecule has 7 heteroatoms. The normalized spacial score (nSPS) is 23.2. The van der Waals surface area contributed by atoms with Gasteiger partial charge in [-0.3, -0.25) is 15.4 Å². The van der Waals surface area contributed by atoms with E-state index in [2.05, 4.69) is 21.0 Å². The summed E-state index contributed by atoms with van der Waals surface area (Å²) in [5.74, 6) is 1.56. The van der Waals surface area contributed by atoms with Crippen LogP contribution in [0.5, 0.6) is 0 Å². The zero-order valence-corrected chi connectivity index (χ0v) is 13.7. The maximum absolute atomic E-state index is 9.75. The van der Waals surface area contributed by atoms with Crippen LogP contribution in [0.1, 0.15) is 26.2 Å². The van der Waals surface area contributed by atoms with Gasteiger partial charge in [0.05, 0.1) is 11.6 Å². The van der Waals surface area contributed by atoms with Gasteiger partial charge in [-0.2, -0.15) is 0 Å². The van der Waals surface area contributed by atoms with Gasteiger partial charge < -0.3 is 15.7 Å². The van der Waals surface area contributed by atoms with Gasteiger partial charge in [0.1, 0.15) is 18.3 Å². The minimum Gasteiger partial charge on any atom is -0.393 e. The number of nitrogens with one attached hydrogen (secondary N) is 3. The SMILES string of the molecule is CC1=CN(Nc2cc3ncccc3c(NC3CCC(O)C3)n2)CN1. The number of nitrogens with zero attached hydrogens (tertiary/aromatic N) is 3. The van der Waals surface area contributed by atoms with Gasteiger partial charge in [0.2, 0.25) is 0 Å². The predicted octanol–water partition coefficient (Wildman–Crippen LogP) is 2.01. The van der Waals surface area contributed by atoms with Gasteiger partial charge in [-0.05, 0) is 38.3 Å². The Morgan fingerprint density at radius 3 is 3.04 bits per heavy atom. The van der Waals surface area contributed by atoms with Gasteiger partial charge in [0.15, 0.2) is 0 Å². The highest BCUT2D eigenvalue weighted by Crippen LogP contribution is 2.28. The third-order valence-electron chi connectivity index (χ3n) is 4.48. The molecule has 1 saturated carbocycles. The van der Waals surface area contributed by atoms with Crippen molar-refractivity contribution in [3.8, 4) is 0 Å². The quantitative estimate of drug-likeness (QED) is 0.684. The summed E-state index contributed by atoms with van der Waals surface area (Å²) < 4.78 is 0. The second-order valence-corrected chi connectivity index (χ2v) is 6.46. The minimum atomic E-state index is -0.211. The summed E-state index contributed by atoms with van der Waals surface area (Å²) >= 11 is 0. The summed E-state index contributed by atoms with van der Waals surface area (Å²) in [6.07, 6.45) is 6.15. The average Bonchev–Trinajstić information content (AvgIpc) is 3.16. The second-order valence-electron chi connectivity index (χ2n) is 6.46. The van der Waals surface area contributed by atoms with E-state index in [4.69, 9.17) is 4.98 Å². The number of aromatic nitrogens is 2. The fraction of sp³-hybridized carbons (Fsp3) is 0.412. The van der Waals surface area contributed by atoms with Crippen LogP contribution in [0.25, 0.3) is 10.9 Å². The van der Waals surface area contributed by atoms with Crippen molar-refractivity contribution in [3.05, 3.63) is 36.3 Å². The fourth-order valence-electron chi connectivity index (χ4n) is 3.28. The standard InChI is InChI=1S/C17H22N6O/c1-11-9-23(10-19-11)22-16-8-15-14(3-2-6-18-15)17(21-16)20-12-4-5-13(24)7-12/h2-3,6,8-9,12-13,19,24H,4-5,7,10H2,1H3,(H2,20,21,22). The Morgan fingerprint density at radius 2 is 2.29 bits per heavy atom. The average molecular weight is 326 g/mol. The van der Waals surface area contributed by atoms with E-state index in [0.717, 1.165) is 47.5 Å². The molecule has 1 fully saturated rings. The highest BCUT2D eigenvalue weighted by molar-refractivity contribution is 5.91. The summed E-state index contributed by atoms with van der Waals surface area (Å²) in [6.45, 7) is 2.72. The molecule has 7 nitrogen and oxygen atoms in total. The molecule has 2 aliphatic rings. The van der Waals surface area contributed by atoms with E-state index in [1.165, 1.54) is 0 Å². The molecule has 1 aliphatic carbocycles. The Bertz CT molecular complexity index is 777. The number of fused-ring (bicyclic) bond motifs is 1. The Hall–Kier alpha value is -2.54. The molecule has 4 N–H and O–H groups in total. The van der Waals surface area contributed by atoms with E-state index in [9.17, 15) is 5.11 Å². The van der Waals surface area contributed by atoms with E-state index in [1.54, 1.807) is 6.20 Å². The number of hydrazine groups is 1. The van der Waals surface area contributed by atoms with Crippen LogP contribution in [0.15, 0.2) is 36.3 Å². The smallest absolute Gasteiger partial charge is 0.149 e. The number of anilines is 2. The number of rotatable bonds is 4.